The number of rotatable bonds is 3. The number of hydrogen-bond donors (Lipinski definition) is 0. The number of hydrogen-bond acceptors (Lipinski definition) is 3. The Bertz CT molecular complexity index is 170. The van der Waals surface area contributed by atoms with Crippen LogP contribution in [0.2, 0.25) is 0 Å². The lowest BCUT2D eigenvalue weighted by Gasteiger charge is -2.04. The first-order valence-electron chi connectivity index (χ1n) is 3.52. The zero-order chi connectivity index (χ0) is 8.85. The Labute approximate surface area is 67.0 Å². The highest BCUT2D eigenvalue weighted by Gasteiger charge is 2.07. The third-order valence-electron chi connectivity index (χ3n) is 1.42. The second-order valence-electron chi connectivity index (χ2n) is 2.11. The quantitative estimate of drug-likeness (QED) is 0.354. The van der Waals surface area contributed by atoms with E-state index in [4.69, 9.17) is 9.47 Å². The highest BCUT2D eigenvalue weighted by Crippen LogP contribution is 2.05. The van der Waals surface area contributed by atoms with Gasteiger partial charge in [0.05, 0.1) is 19.3 Å². The van der Waals surface area contributed by atoms with Gasteiger partial charge in [0.1, 0.15) is 5.76 Å². The minimum Gasteiger partial charge on any atom is -0.501 e. The maximum atomic E-state index is 11.0. The van der Waals surface area contributed by atoms with Crippen molar-refractivity contribution < 1.29 is 14.3 Å². The van der Waals surface area contributed by atoms with Crippen LogP contribution >= 0.6 is 0 Å². The zero-order valence-electron chi connectivity index (χ0n) is 7.43. The van der Waals surface area contributed by atoms with Crippen molar-refractivity contribution in [2.45, 2.75) is 20.8 Å². The minimum atomic E-state index is -0.313. The topological polar surface area (TPSA) is 35.5 Å². The standard InChI is InChI=1S/C8H14O3/c1-5-11-8(9)6(2)7(3)10-4/h5H2,1-4H3/b7-6+. The maximum absolute atomic E-state index is 11.0. The number of esters is 1. The van der Waals surface area contributed by atoms with E-state index in [-0.39, 0.29) is 5.97 Å². The van der Waals surface area contributed by atoms with Gasteiger partial charge < -0.3 is 9.47 Å². The Kier molecular flexibility index (Phi) is 4.34. The number of carbonyl (C=O) groups is 1. The van der Waals surface area contributed by atoms with E-state index in [1.807, 2.05) is 0 Å². The van der Waals surface area contributed by atoms with Gasteiger partial charge in [0.25, 0.3) is 0 Å². The van der Waals surface area contributed by atoms with Gasteiger partial charge in [0.2, 0.25) is 0 Å². The van der Waals surface area contributed by atoms with Crippen molar-refractivity contribution in [3.63, 3.8) is 0 Å². The van der Waals surface area contributed by atoms with E-state index in [9.17, 15) is 4.79 Å². The Morgan fingerprint density at radius 1 is 1.36 bits per heavy atom. The van der Waals surface area contributed by atoms with E-state index >= 15 is 0 Å². The smallest absolute Gasteiger partial charge is 0.337 e. The predicted octanol–water partition coefficient (Wildman–Crippen LogP) is 1.49. The first-order chi connectivity index (χ1) is 5.13. The van der Waals surface area contributed by atoms with Gasteiger partial charge in [-0.15, -0.1) is 0 Å². The van der Waals surface area contributed by atoms with Crippen molar-refractivity contribution in [3.05, 3.63) is 11.3 Å². The van der Waals surface area contributed by atoms with Crippen LogP contribution in [0.1, 0.15) is 20.8 Å². The van der Waals surface area contributed by atoms with Crippen molar-refractivity contribution in [1.82, 2.24) is 0 Å². The molecule has 64 valence electrons. The minimum absolute atomic E-state index is 0.313. The fourth-order valence-electron chi connectivity index (χ4n) is 0.536. The lowest BCUT2D eigenvalue weighted by atomic mass is 10.3. The molecule has 0 N–H and O–H groups in total. The summed E-state index contributed by atoms with van der Waals surface area (Å²) in [6, 6.07) is 0. The molecule has 3 heteroatoms. The number of allylic oxidation sites excluding steroid dienone is 1. The summed E-state index contributed by atoms with van der Waals surface area (Å²) < 4.78 is 9.61. The monoisotopic (exact) mass is 158 g/mol. The molecule has 0 saturated heterocycles. The van der Waals surface area contributed by atoms with Gasteiger partial charge in [-0.25, -0.2) is 4.79 Å². The molecule has 0 heterocycles. The maximum Gasteiger partial charge on any atom is 0.337 e. The number of methoxy groups -OCH3 is 1. The molecule has 0 amide bonds. The average Bonchev–Trinajstić information content (AvgIpc) is 2.02. The predicted molar refractivity (Wildman–Crippen MR) is 42.0 cm³/mol. The summed E-state index contributed by atoms with van der Waals surface area (Å²) in [5, 5.41) is 0. The molecule has 0 aromatic carbocycles. The van der Waals surface area contributed by atoms with Crippen LogP contribution in [-0.2, 0) is 14.3 Å². The van der Waals surface area contributed by atoms with E-state index in [1.165, 1.54) is 7.11 Å². The van der Waals surface area contributed by atoms with Crippen molar-refractivity contribution in [2.75, 3.05) is 13.7 Å². The number of ether oxygens (including phenoxy) is 2. The van der Waals surface area contributed by atoms with Crippen molar-refractivity contribution >= 4 is 5.97 Å². The summed E-state index contributed by atoms with van der Waals surface area (Å²) in [4.78, 5) is 11.0. The SMILES string of the molecule is CCOC(=O)/C(C)=C(\C)OC. The van der Waals surface area contributed by atoms with Gasteiger partial charge in [-0.2, -0.15) is 0 Å². The molecule has 11 heavy (non-hydrogen) atoms. The normalized spacial score (nSPS) is 12.0. The van der Waals surface area contributed by atoms with Crippen LogP contribution in [-0.4, -0.2) is 19.7 Å². The second-order valence-corrected chi connectivity index (χ2v) is 2.11. The van der Waals surface area contributed by atoms with Crippen LogP contribution in [0.5, 0.6) is 0 Å². The van der Waals surface area contributed by atoms with Crippen molar-refractivity contribution in [1.29, 1.82) is 0 Å². The molecule has 0 rings (SSSR count). The van der Waals surface area contributed by atoms with E-state index in [2.05, 4.69) is 0 Å². The Balaban J connectivity index is 4.22. The summed E-state index contributed by atoms with van der Waals surface area (Å²) in [5.74, 6) is 0.287. The molecule has 0 fully saturated rings. The third-order valence-corrected chi connectivity index (χ3v) is 1.42. The van der Waals surface area contributed by atoms with Crippen LogP contribution in [0, 0.1) is 0 Å². The fourth-order valence-corrected chi connectivity index (χ4v) is 0.536. The summed E-state index contributed by atoms with van der Waals surface area (Å²) in [5.41, 5.74) is 0.523. The van der Waals surface area contributed by atoms with E-state index in [0.29, 0.717) is 17.9 Å². The zero-order valence-corrected chi connectivity index (χ0v) is 7.43. The van der Waals surface area contributed by atoms with Gasteiger partial charge in [-0.1, -0.05) is 0 Å². The molecule has 0 aromatic rings. The summed E-state index contributed by atoms with van der Waals surface area (Å²) in [6.07, 6.45) is 0. The highest BCUT2D eigenvalue weighted by atomic mass is 16.5. The molecule has 0 aliphatic carbocycles. The summed E-state index contributed by atoms with van der Waals surface area (Å²) in [7, 11) is 1.53. The molecule has 0 unspecified atom stereocenters. The molecule has 3 nitrogen and oxygen atoms in total. The van der Waals surface area contributed by atoms with Crippen LogP contribution in [0.4, 0.5) is 0 Å². The summed E-state index contributed by atoms with van der Waals surface area (Å²) >= 11 is 0. The van der Waals surface area contributed by atoms with Crippen LogP contribution in [0.25, 0.3) is 0 Å². The van der Waals surface area contributed by atoms with Crippen molar-refractivity contribution in [2.24, 2.45) is 0 Å². The molecule has 0 aliphatic heterocycles. The third kappa shape index (κ3) is 3.07. The fraction of sp³-hybridized carbons (Fsp3) is 0.625. The Morgan fingerprint density at radius 2 is 1.91 bits per heavy atom. The highest BCUT2D eigenvalue weighted by molar-refractivity contribution is 5.88. The largest absolute Gasteiger partial charge is 0.501 e. The first-order valence-corrected chi connectivity index (χ1v) is 3.52. The summed E-state index contributed by atoms with van der Waals surface area (Å²) in [6.45, 7) is 5.57. The number of carbonyl (C=O) groups excluding carboxylic acids is 1. The van der Waals surface area contributed by atoms with Crippen LogP contribution in [0.15, 0.2) is 11.3 Å². The van der Waals surface area contributed by atoms with Gasteiger partial charge in [-0.05, 0) is 20.8 Å². The molecular weight excluding hydrogens is 144 g/mol. The molecule has 0 radical (unpaired) electrons. The molecule has 0 aromatic heterocycles. The van der Waals surface area contributed by atoms with Crippen molar-refractivity contribution in [3.8, 4) is 0 Å². The van der Waals surface area contributed by atoms with Gasteiger partial charge in [0, 0.05) is 0 Å². The van der Waals surface area contributed by atoms with Gasteiger partial charge >= 0.3 is 5.97 Å². The van der Waals surface area contributed by atoms with E-state index in [1.54, 1.807) is 20.8 Å². The van der Waals surface area contributed by atoms with Crippen LogP contribution in [0.3, 0.4) is 0 Å². The molecule has 0 atom stereocenters. The Hall–Kier alpha value is -0.990. The lowest BCUT2D eigenvalue weighted by Crippen LogP contribution is -2.07. The van der Waals surface area contributed by atoms with Gasteiger partial charge in [0.15, 0.2) is 0 Å². The average molecular weight is 158 g/mol. The van der Waals surface area contributed by atoms with Gasteiger partial charge in [-0.3, -0.25) is 0 Å². The molecule has 0 aliphatic rings. The lowest BCUT2D eigenvalue weighted by molar-refractivity contribution is -0.138. The molecular formula is C8H14O3. The first kappa shape index (κ1) is 10.0. The Morgan fingerprint density at radius 3 is 2.27 bits per heavy atom. The van der Waals surface area contributed by atoms with E-state index in [0.717, 1.165) is 0 Å². The molecule has 0 bridgehead atoms. The second kappa shape index (κ2) is 4.77. The van der Waals surface area contributed by atoms with E-state index < -0.39 is 0 Å². The van der Waals surface area contributed by atoms with Crippen LogP contribution < -0.4 is 0 Å². The molecule has 0 spiro atoms. The molecule has 0 saturated carbocycles.